The second kappa shape index (κ2) is 5.97. The van der Waals surface area contributed by atoms with Gasteiger partial charge in [-0.2, -0.15) is 0 Å². The predicted octanol–water partition coefficient (Wildman–Crippen LogP) is 3.99. The monoisotopic (exact) mass is 353 g/mol. The van der Waals surface area contributed by atoms with Crippen LogP contribution in [-0.2, 0) is 11.2 Å². The molecule has 2 aromatic heterocycles. The van der Waals surface area contributed by atoms with Crippen LogP contribution >= 0.6 is 11.3 Å². The lowest BCUT2D eigenvalue weighted by atomic mass is 10.1. The molecule has 126 valence electrons. The van der Waals surface area contributed by atoms with E-state index in [-0.39, 0.29) is 18.1 Å². The molecule has 0 bridgehead atoms. The fraction of sp³-hybridized carbons (Fsp3) is 0.158. The third kappa shape index (κ3) is 2.68. The summed E-state index contributed by atoms with van der Waals surface area (Å²) in [6.07, 6.45) is 0.238. The predicted molar refractivity (Wildman–Crippen MR) is 98.4 cm³/mol. The zero-order valence-corrected chi connectivity index (χ0v) is 14.7. The van der Waals surface area contributed by atoms with Gasteiger partial charge in [-0.05, 0) is 18.2 Å². The van der Waals surface area contributed by atoms with Crippen LogP contribution in [0.15, 0.2) is 48.5 Å². The second-order valence-corrected chi connectivity index (χ2v) is 7.08. The molecule has 0 spiro atoms. The molecule has 0 atom stereocenters. The highest BCUT2D eigenvalue weighted by molar-refractivity contribution is 7.23. The van der Waals surface area contributed by atoms with Crippen LogP contribution in [0, 0.1) is 5.82 Å². The summed E-state index contributed by atoms with van der Waals surface area (Å²) in [6, 6.07) is 14.5. The molecule has 4 rings (SSSR count). The van der Waals surface area contributed by atoms with Crippen LogP contribution in [0.4, 0.5) is 4.39 Å². The molecular formula is C19H16FN3OS. The largest absolute Gasteiger partial charge is 0.348 e. The van der Waals surface area contributed by atoms with E-state index in [1.54, 1.807) is 25.1 Å². The van der Waals surface area contributed by atoms with E-state index in [2.05, 4.69) is 0 Å². The number of imidazole rings is 1. The van der Waals surface area contributed by atoms with Crippen molar-refractivity contribution in [2.45, 2.75) is 6.42 Å². The van der Waals surface area contributed by atoms with Gasteiger partial charge in [0.2, 0.25) is 5.91 Å². The highest BCUT2D eigenvalue weighted by Gasteiger charge is 2.21. The minimum atomic E-state index is -0.272. The van der Waals surface area contributed by atoms with Gasteiger partial charge in [-0.1, -0.05) is 41.7 Å². The van der Waals surface area contributed by atoms with Crippen molar-refractivity contribution < 1.29 is 9.18 Å². The Morgan fingerprint density at radius 2 is 1.96 bits per heavy atom. The summed E-state index contributed by atoms with van der Waals surface area (Å²) in [5.74, 6) is -0.272. The number of carbonyl (C=O) groups is 1. The van der Waals surface area contributed by atoms with E-state index in [0.717, 1.165) is 32.1 Å². The number of likely N-dealkylation sites (N-methyl/N-ethyl adjacent to an activating group) is 1. The van der Waals surface area contributed by atoms with Gasteiger partial charge >= 0.3 is 0 Å². The summed E-state index contributed by atoms with van der Waals surface area (Å²) in [6.45, 7) is 0. The van der Waals surface area contributed by atoms with Gasteiger partial charge in [-0.25, -0.2) is 9.37 Å². The summed E-state index contributed by atoms with van der Waals surface area (Å²) in [5, 5.41) is 0. The van der Waals surface area contributed by atoms with Gasteiger partial charge < -0.3 is 4.90 Å². The van der Waals surface area contributed by atoms with Gasteiger partial charge in [0.25, 0.3) is 0 Å². The number of carbonyl (C=O) groups excluding carboxylic acids is 1. The maximum absolute atomic E-state index is 13.5. The van der Waals surface area contributed by atoms with E-state index < -0.39 is 0 Å². The van der Waals surface area contributed by atoms with E-state index in [9.17, 15) is 9.18 Å². The van der Waals surface area contributed by atoms with E-state index in [4.69, 9.17) is 4.98 Å². The third-order valence-corrected chi connectivity index (χ3v) is 5.17. The summed E-state index contributed by atoms with van der Waals surface area (Å²) >= 11 is 1.43. The molecule has 0 saturated heterocycles. The highest BCUT2D eigenvalue weighted by Crippen LogP contribution is 2.33. The average Bonchev–Trinajstić information content (AvgIpc) is 3.11. The maximum atomic E-state index is 13.5. The normalized spacial score (nSPS) is 11.3. The molecule has 2 heterocycles. The first-order chi connectivity index (χ1) is 12.0. The molecule has 0 fully saturated rings. The molecule has 0 aliphatic heterocycles. The van der Waals surface area contributed by atoms with Crippen molar-refractivity contribution in [1.82, 2.24) is 14.3 Å². The Balaban J connectivity index is 2.00. The topological polar surface area (TPSA) is 37.6 Å². The second-order valence-electron chi connectivity index (χ2n) is 6.07. The summed E-state index contributed by atoms with van der Waals surface area (Å²) in [4.78, 5) is 19.5. The summed E-state index contributed by atoms with van der Waals surface area (Å²) in [5.41, 5.74) is 3.47. The molecule has 2 aromatic carbocycles. The quantitative estimate of drug-likeness (QED) is 0.559. The molecule has 4 nitrogen and oxygen atoms in total. The lowest BCUT2D eigenvalue weighted by molar-refractivity contribution is -0.128. The third-order valence-electron chi connectivity index (χ3n) is 4.17. The number of rotatable bonds is 3. The Bertz CT molecular complexity index is 1080. The van der Waals surface area contributed by atoms with Gasteiger partial charge in [-0.15, -0.1) is 0 Å². The molecule has 0 aliphatic rings. The van der Waals surface area contributed by atoms with Crippen molar-refractivity contribution in [3.63, 3.8) is 0 Å². The van der Waals surface area contributed by atoms with Crippen molar-refractivity contribution >= 4 is 32.4 Å². The van der Waals surface area contributed by atoms with Crippen molar-refractivity contribution in [2.75, 3.05) is 14.1 Å². The number of halogens is 1. The standard InChI is InChI=1S/C19H16FN3OS/c1-22(2)17(24)11-15-18(12-6-4-3-5-7-12)21-19-23(15)14-9-8-13(20)10-16(14)25-19/h3-10H,11H2,1-2H3. The Morgan fingerprint density at radius 1 is 1.20 bits per heavy atom. The summed E-state index contributed by atoms with van der Waals surface area (Å²) < 4.78 is 16.3. The van der Waals surface area contributed by atoms with E-state index in [1.807, 2.05) is 34.7 Å². The molecule has 6 heteroatoms. The lowest BCUT2D eigenvalue weighted by Crippen LogP contribution is -2.24. The number of nitrogens with zero attached hydrogens (tertiary/aromatic N) is 3. The van der Waals surface area contributed by atoms with E-state index >= 15 is 0 Å². The Morgan fingerprint density at radius 3 is 2.68 bits per heavy atom. The van der Waals surface area contributed by atoms with Gasteiger partial charge in [0, 0.05) is 19.7 Å². The van der Waals surface area contributed by atoms with Crippen molar-refractivity contribution in [3.8, 4) is 11.3 Å². The molecule has 0 saturated carbocycles. The van der Waals surface area contributed by atoms with Crippen molar-refractivity contribution in [2.24, 2.45) is 0 Å². The fourth-order valence-electron chi connectivity index (χ4n) is 2.89. The zero-order valence-electron chi connectivity index (χ0n) is 13.9. The van der Waals surface area contributed by atoms with Crippen LogP contribution < -0.4 is 0 Å². The SMILES string of the molecule is CN(C)C(=O)Cc1c(-c2ccccc2)nc2sc3cc(F)ccc3n12. The highest BCUT2D eigenvalue weighted by atomic mass is 32.1. The first-order valence-corrected chi connectivity index (χ1v) is 8.71. The fourth-order valence-corrected chi connectivity index (χ4v) is 3.96. The van der Waals surface area contributed by atoms with Gasteiger partial charge in [-0.3, -0.25) is 9.20 Å². The average molecular weight is 353 g/mol. The molecule has 0 unspecified atom stereocenters. The van der Waals surface area contributed by atoms with Crippen LogP contribution in [0.25, 0.3) is 26.4 Å². The molecule has 0 N–H and O–H groups in total. The van der Waals surface area contributed by atoms with Crippen molar-refractivity contribution in [3.05, 3.63) is 60.0 Å². The van der Waals surface area contributed by atoms with E-state index in [0.29, 0.717) is 0 Å². The number of hydrogen-bond donors (Lipinski definition) is 0. The van der Waals surface area contributed by atoms with Crippen LogP contribution in [0.3, 0.4) is 0 Å². The Labute approximate surface area is 148 Å². The minimum Gasteiger partial charge on any atom is -0.348 e. The number of hydrogen-bond acceptors (Lipinski definition) is 3. The van der Waals surface area contributed by atoms with E-state index in [1.165, 1.54) is 23.5 Å². The van der Waals surface area contributed by atoms with Gasteiger partial charge in [0.05, 0.1) is 28.0 Å². The molecule has 25 heavy (non-hydrogen) atoms. The van der Waals surface area contributed by atoms with Gasteiger partial charge in [0.15, 0.2) is 4.96 Å². The first kappa shape index (κ1) is 15.8. The Kier molecular flexibility index (Phi) is 3.77. The smallest absolute Gasteiger partial charge is 0.228 e. The maximum Gasteiger partial charge on any atom is 0.228 e. The van der Waals surface area contributed by atoms with Crippen LogP contribution in [0.1, 0.15) is 5.69 Å². The molecule has 1 amide bonds. The zero-order chi connectivity index (χ0) is 17.6. The Hall–Kier alpha value is -2.73. The molecular weight excluding hydrogens is 337 g/mol. The molecule has 4 aromatic rings. The van der Waals surface area contributed by atoms with Crippen molar-refractivity contribution in [1.29, 1.82) is 0 Å². The number of amides is 1. The van der Waals surface area contributed by atoms with Crippen LogP contribution in [0.5, 0.6) is 0 Å². The van der Waals surface area contributed by atoms with Crippen LogP contribution in [0.2, 0.25) is 0 Å². The first-order valence-electron chi connectivity index (χ1n) is 7.89. The van der Waals surface area contributed by atoms with Crippen LogP contribution in [-0.4, -0.2) is 34.3 Å². The number of benzene rings is 2. The minimum absolute atomic E-state index is 0.000410. The van der Waals surface area contributed by atoms with Gasteiger partial charge in [0.1, 0.15) is 5.82 Å². The number of thiazole rings is 1. The molecule has 0 radical (unpaired) electrons. The number of fused-ring (bicyclic) bond motifs is 3. The lowest BCUT2D eigenvalue weighted by Gasteiger charge is -2.11. The molecule has 0 aliphatic carbocycles. The summed E-state index contributed by atoms with van der Waals surface area (Å²) in [7, 11) is 3.48. The number of aromatic nitrogens is 2.